The minimum absolute atomic E-state index is 0.269. The van der Waals surface area contributed by atoms with Crippen LogP contribution in [-0.2, 0) is 9.53 Å². The van der Waals surface area contributed by atoms with Gasteiger partial charge in [-0.1, -0.05) is 22.0 Å². The Hall–Kier alpha value is -1.29. The Kier molecular flexibility index (Phi) is 4.53. The van der Waals surface area contributed by atoms with Crippen molar-refractivity contribution in [3.63, 3.8) is 0 Å². The molecule has 2 rings (SSSR count). The number of hydrogen-bond acceptors (Lipinski definition) is 3. The van der Waals surface area contributed by atoms with Gasteiger partial charge < -0.3 is 9.64 Å². The van der Waals surface area contributed by atoms with Crippen molar-refractivity contribution < 1.29 is 9.53 Å². The first-order valence-electron chi connectivity index (χ1n) is 6.82. The van der Waals surface area contributed by atoms with E-state index in [2.05, 4.69) is 33.0 Å². The molecule has 1 heterocycles. The lowest BCUT2D eigenvalue weighted by Crippen LogP contribution is -2.24. The predicted molar refractivity (Wildman–Crippen MR) is 84.7 cm³/mol. The number of ether oxygens (including phenoxy) is 1. The van der Waals surface area contributed by atoms with Crippen LogP contribution in [0.2, 0.25) is 0 Å². The van der Waals surface area contributed by atoms with Crippen LogP contribution in [0.15, 0.2) is 40.5 Å². The van der Waals surface area contributed by atoms with Crippen LogP contribution in [0.1, 0.15) is 33.6 Å². The third-order valence-electron chi connectivity index (χ3n) is 2.97. The number of allylic oxidation sites excluding steroid dienone is 1. The van der Waals surface area contributed by atoms with Gasteiger partial charge in [-0.15, -0.1) is 0 Å². The van der Waals surface area contributed by atoms with Gasteiger partial charge in [0.1, 0.15) is 5.60 Å². The van der Waals surface area contributed by atoms with Crippen LogP contribution in [0.3, 0.4) is 0 Å². The number of benzene rings is 1. The Morgan fingerprint density at radius 2 is 2.15 bits per heavy atom. The maximum absolute atomic E-state index is 11.9. The number of rotatable bonds is 2. The fourth-order valence-electron chi connectivity index (χ4n) is 2.25. The average molecular weight is 338 g/mol. The molecule has 0 atom stereocenters. The minimum atomic E-state index is -0.451. The maximum Gasteiger partial charge on any atom is 0.333 e. The van der Waals surface area contributed by atoms with Crippen LogP contribution in [0.25, 0.3) is 0 Å². The Morgan fingerprint density at radius 1 is 1.40 bits per heavy atom. The van der Waals surface area contributed by atoms with Gasteiger partial charge in [0.15, 0.2) is 0 Å². The average Bonchev–Trinajstić information content (AvgIpc) is 2.74. The summed E-state index contributed by atoms with van der Waals surface area (Å²) in [4.78, 5) is 14.1. The first-order chi connectivity index (χ1) is 9.35. The largest absolute Gasteiger partial charge is 0.457 e. The molecule has 20 heavy (non-hydrogen) atoms. The molecule has 0 radical (unpaired) electrons. The molecule has 4 heteroatoms. The quantitative estimate of drug-likeness (QED) is 0.596. The Balaban J connectivity index is 2.17. The van der Waals surface area contributed by atoms with Crippen LogP contribution < -0.4 is 4.90 Å². The molecule has 0 saturated carbocycles. The highest BCUT2D eigenvalue weighted by Crippen LogP contribution is 2.30. The molecule has 0 bridgehead atoms. The number of nitrogens with zero attached hydrogens (tertiary/aromatic N) is 1. The van der Waals surface area contributed by atoms with Gasteiger partial charge in [-0.05, 0) is 51.8 Å². The summed E-state index contributed by atoms with van der Waals surface area (Å²) in [5, 5.41) is 0. The smallest absolute Gasteiger partial charge is 0.333 e. The van der Waals surface area contributed by atoms with Gasteiger partial charge in [-0.3, -0.25) is 0 Å². The van der Waals surface area contributed by atoms with Crippen LogP contribution in [0.5, 0.6) is 0 Å². The zero-order valence-electron chi connectivity index (χ0n) is 12.1. The summed E-state index contributed by atoms with van der Waals surface area (Å²) < 4.78 is 6.40. The third kappa shape index (κ3) is 4.10. The van der Waals surface area contributed by atoms with Crippen molar-refractivity contribution in [2.24, 2.45) is 0 Å². The van der Waals surface area contributed by atoms with E-state index >= 15 is 0 Å². The summed E-state index contributed by atoms with van der Waals surface area (Å²) in [6.07, 6.45) is 3.59. The van der Waals surface area contributed by atoms with Crippen molar-refractivity contribution in [2.75, 3.05) is 11.4 Å². The SMILES string of the molecule is CC(C)(C)OC(=O)/C=C1\CCCN1c1cccc(Br)c1. The highest BCUT2D eigenvalue weighted by molar-refractivity contribution is 9.10. The molecule has 1 saturated heterocycles. The first kappa shape index (κ1) is 15.1. The number of carbonyl (C=O) groups is 1. The zero-order chi connectivity index (χ0) is 14.8. The molecule has 1 aromatic carbocycles. The molecule has 0 N–H and O–H groups in total. The second kappa shape index (κ2) is 6.00. The van der Waals surface area contributed by atoms with Crippen molar-refractivity contribution in [1.29, 1.82) is 0 Å². The van der Waals surface area contributed by atoms with Gasteiger partial charge >= 0.3 is 5.97 Å². The first-order valence-corrected chi connectivity index (χ1v) is 7.61. The van der Waals surface area contributed by atoms with Crippen LogP contribution in [0, 0.1) is 0 Å². The molecule has 1 aliphatic rings. The lowest BCUT2D eigenvalue weighted by atomic mass is 10.2. The summed E-state index contributed by atoms with van der Waals surface area (Å²) in [7, 11) is 0. The number of carbonyl (C=O) groups excluding carboxylic acids is 1. The molecule has 1 aromatic rings. The van der Waals surface area contributed by atoms with Crippen molar-refractivity contribution in [3.8, 4) is 0 Å². The molecule has 1 fully saturated rings. The van der Waals surface area contributed by atoms with E-state index in [0.29, 0.717) is 0 Å². The molecule has 0 amide bonds. The van der Waals surface area contributed by atoms with Crippen molar-refractivity contribution in [3.05, 3.63) is 40.5 Å². The number of halogens is 1. The van der Waals surface area contributed by atoms with Gasteiger partial charge in [0, 0.05) is 28.5 Å². The normalized spacial score (nSPS) is 17.6. The van der Waals surface area contributed by atoms with E-state index in [1.165, 1.54) is 0 Å². The summed E-state index contributed by atoms with van der Waals surface area (Å²) in [6, 6.07) is 8.12. The second-order valence-corrected chi connectivity index (χ2v) is 6.82. The third-order valence-corrected chi connectivity index (χ3v) is 3.47. The van der Waals surface area contributed by atoms with Gasteiger partial charge in [-0.25, -0.2) is 4.79 Å². The number of esters is 1. The molecule has 3 nitrogen and oxygen atoms in total. The van der Waals surface area contributed by atoms with E-state index < -0.39 is 5.60 Å². The van der Waals surface area contributed by atoms with Crippen LogP contribution in [0.4, 0.5) is 5.69 Å². The van der Waals surface area contributed by atoms with E-state index in [-0.39, 0.29) is 5.97 Å². The van der Waals surface area contributed by atoms with Crippen molar-refractivity contribution in [1.82, 2.24) is 0 Å². The van der Waals surface area contributed by atoms with E-state index in [4.69, 9.17) is 4.74 Å². The monoisotopic (exact) mass is 337 g/mol. The van der Waals surface area contributed by atoms with E-state index in [0.717, 1.165) is 35.2 Å². The van der Waals surface area contributed by atoms with Crippen LogP contribution >= 0.6 is 15.9 Å². The fraction of sp³-hybridized carbons (Fsp3) is 0.438. The van der Waals surface area contributed by atoms with E-state index in [1.54, 1.807) is 6.08 Å². The number of hydrogen-bond donors (Lipinski definition) is 0. The lowest BCUT2D eigenvalue weighted by molar-refractivity contribution is -0.148. The Bertz CT molecular complexity index is 532. The summed E-state index contributed by atoms with van der Waals surface area (Å²) in [5.74, 6) is -0.269. The fourth-order valence-corrected chi connectivity index (χ4v) is 2.64. The molecule has 1 aliphatic heterocycles. The highest BCUT2D eigenvalue weighted by Gasteiger charge is 2.21. The second-order valence-electron chi connectivity index (χ2n) is 5.90. The van der Waals surface area contributed by atoms with Gasteiger partial charge in [0.25, 0.3) is 0 Å². The molecular weight excluding hydrogens is 318 g/mol. The lowest BCUT2D eigenvalue weighted by Gasteiger charge is -2.22. The van der Waals surface area contributed by atoms with Crippen molar-refractivity contribution >= 4 is 27.6 Å². The zero-order valence-corrected chi connectivity index (χ0v) is 13.7. The molecule has 0 spiro atoms. The van der Waals surface area contributed by atoms with Gasteiger partial charge in [0.2, 0.25) is 0 Å². The predicted octanol–water partition coefficient (Wildman–Crippen LogP) is 4.27. The highest BCUT2D eigenvalue weighted by atomic mass is 79.9. The summed E-state index contributed by atoms with van der Waals surface area (Å²) in [6.45, 7) is 6.57. The van der Waals surface area contributed by atoms with Crippen LogP contribution in [-0.4, -0.2) is 18.1 Å². The molecule has 0 unspecified atom stereocenters. The van der Waals surface area contributed by atoms with E-state index in [1.807, 2.05) is 32.9 Å². The summed E-state index contributed by atoms with van der Waals surface area (Å²) >= 11 is 3.48. The van der Waals surface area contributed by atoms with Gasteiger partial charge in [0.05, 0.1) is 0 Å². The Labute approximate surface area is 128 Å². The maximum atomic E-state index is 11.9. The van der Waals surface area contributed by atoms with E-state index in [9.17, 15) is 4.79 Å². The van der Waals surface area contributed by atoms with Crippen molar-refractivity contribution in [2.45, 2.75) is 39.2 Å². The molecule has 0 aromatic heterocycles. The number of anilines is 1. The standard InChI is InChI=1S/C16H20BrNO2/c1-16(2,3)20-15(19)11-14-8-5-9-18(14)13-7-4-6-12(17)10-13/h4,6-7,10-11H,5,8-9H2,1-3H3/b14-11+. The Morgan fingerprint density at radius 3 is 2.80 bits per heavy atom. The molecule has 0 aliphatic carbocycles. The minimum Gasteiger partial charge on any atom is -0.457 e. The molecule has 108 valence electrons. The van der Waals surface area contributed by atoms with Gasteiger partial charge in [-0.2, -0.15) is 0 Å². The summed E-state index contributed by atoms with van der Waals surface area (Å²) in [5.41, 5.74) is 1.68. The topological polar surface area (TPSA) is 29.5 Å². The molecular formula is C16H20BrNO2.